The van der Waals surface area contributed by atoms with Crippen LogP contribution in [0.1, 0.15) is 41.6 Å². The van der Waals surface area contributed by atoms with Crippen LogP contribution in [0.25, 0.3) is 0 Å². The van der Waals surface area contributed by atoms with E-state index in [9.17, 15) is 14.7 Å². The second-order valence-corrected chi connectivity index (χ2v) is 13.1. The normalized spacial score (nSPS) is 10.0. The monoisotopic (exact) mass is 668 g/mol. The molecule has 11 heteroatoms. The SMILES string of the molecule is Cc1cc(C(=O)O)c(Br)s1.Cc1ccc(N)c(O)c1.Cc1ccc(NC(=O)c2cc(C)sc2Br)c(O)c1. The summed E-state index contributed by atoms with van der Waals surface area (Å²) in [5.74, 6) is -0.872. The quantitative estimate of drug-likeness (QED) is 0.111. The van der Waals surface area contributed by atoms with Crippen molar-refractivity contribution < 1.29 is 24.9 Å². The number of halogens is 2. The molecule has 1 amide bonds. The van der Waals surface area contributed by atoms with Crippen LogP contribution in [0.5, 0.6) is 11.5 Å². The van der Waals surface area contributed by atoms with Crippen LogP contribution in [0.4, 0.5) is 11.4 Å². The zero-order valence-corrected chi connectivity index (χ0v) is 25.2. The van der Waals surface area contributed by atoms with E-state index in [2.05, 4.69) is 37.2 Å². The number of aromatic carboxylic acids is 1. The number of aryl methyl sites for hydroxylation is 4. The van der Waals surface area contributed by atoms with Gasteiger partial charge in [-0.3, -0.25) is 4.79 Å². The van der Waals surface area contributed by atoms with Crippen molar-refractivity contribution in [2.75, 3.05) is 11.1 Å². The molecule has 7 nitrogen and oxygen atoms in total. The van der Waals surface area contributed by atoms with E-state index in [0.29, 0.717) is 26.3 Å². The highest BCUT2D eigenvalue weighted by atomic mass is 79.9. The van der Waals surface area contributed by atoms with E-state index >= 15 is 0 Å². The summed E-state index contributed by atoms with van der Waals surface area (Å²) in [5.41, 5.74) is 9.08. The highest BCUT2D eigenvalue weighted by Crippen LogP contribution is 2.30. The topological polar surface area (TPSA) is 133 Å². The molecule has 0 fully saturated rings. The van der Waals surface area contributed by atoms with Gasteiger partial charge < -0.3 is 26.4 Å². The number of nitrogens with two attached hydrogens (primary N) is 1. The molecule has 0 aliphatic carbocycles. The molecule has 0 bridgehead atoms. The molecule has 4 aromatic rings. The van der Waals surface area contributed by atoms with Gasteiger partial charge in [0.1, 0.15) is 11.5 Å². The van der Waals surface area contributed by atoms with Crippen LogP contribution in [0.2, 0.25) is 0 Å². The smallest absolute Gasteiger partial charge is 0.337 e. The van der Waals surface area contributed by atoms with Crippen molar-refractivity contribution in [3.63, 3.8) is 0 Å². The predicted molar refractivity (Wildman–Crippen MR) is 159 cm³/mol. The standard InChI is InChI=1S/C13H12BrNO2S.C7H9NO.C6H5BrO2S/c1-7-3-4-10(11(16)5-7)15-13(17)9-6-8(2)18-12(9)14;1-5-2-3-6(8)7(9)4-5;1-3-2-4(6(8)9)5(7)10-3/h3-6,16H,1-2H3,(H,15,17);2-4,9H,8H2,1H3;2H,1H3,(H,8,9). The maximum atomic E-state index is 12.0. The fourth-order valence-electron chi connectivity index (χ4n) is 2.86. The van der Waals surface area contributed by atoms with Crippen LogP contribution in [-0.2, 0) is 0 Å². The number of carboxylic acids is 1. The average Bonchev–Trinajstić information content (AvgIpc) is 3.33. The van der Waals surface area contributed by atoms with E-state index < -0.39 is 5.97 Å². The average molecular weight is 670 g/mol. The summed E-state index contributed by atoms with van der Waals surface area (Å²) in [6, 6.07) is 13.8. The number of anilines is 2. The number of phenols is 2. The molecule has 0 aliphatic heterocycles. The Morgan fingerprint density at radius 2 is 1.27 bits per heavy atom. The van der Waals surface area contributed by atoms with Gasteiger partial charge in [0.25, 0.3) is 5.91 Å². The van der Waals surface area contributed by atoms with E-state index in [-0.39, 0.29) is 17.4 Å². The Labute approximate surface area is 239 Å². The van der Waals surface area contributed by atoms with Crippen LogP contribution in [0.3, 0.4) is 0 Å². The lowest BCUT2D eigenvalue weighted by atomic mass is 10.2. The fourth-order valence-corrected chi connectivity index (χ4v) is 6.41. The number of aromatic hydroxyl groups is 2. The molecule has 4 rings (SSSR count). The number of thiophene rings is 2. The molecule has 0 aliphatic rings. The largest absolute Gasteiger partial charge is 0.506 e. The Balaban J connectivity index is 0.000000214. The number of nitrogens with one attached hydrogen (secondary N) is 1. The number of carbonyl (C=O) groups is 2. The number of carboxylic acid groups (broad SMARTS) is 1. The summed E-state index contributed by atoms with van der Waals surface area (Å²) in [7, 11) is 0. The van der Waals surface area contributed by atoms with Crippen LogP contribution in [-0.4, -0.2) is 27.2 Å². The molecule has 196 valence electrons. The van der Waals surface area contributed by atoms with Crippen LogP contribution < -0.4 is 11.1 Å². The van der Waals surface area contributed by atoms with E-state index in [1.165, 1.54) is 22.7 Å². The summed E-state index contributed by atoms with van der Waals surface area (Å²) in [6.45, 7) is 7.60. The van der Waals surface area contributed by atoms with Gasteiger partial charge in [0.05, 0.1) is 30.1 Å². The molecule has 0 spiro atoms. The van der Waals surface area contributed by atoms with Gasteiger partial charge in [-0.1, -0.05) is 12.1 Å². The van der Waals surface area contributed by atoms with Crippen molar-refractivity contribution in [2.24, 2.45) is 0 Å². The van der Waals surface area contributed by atoms with Crippen LogP contribution >= 0.6 is 54.5 Å². The van der Waals surface area contributed by atoms with Gasteiger partial charge in [0, 0.05) is 9.75 Å². The molecule has 2 heterocycles. The first-order valence-corrected chi connectivity index (χ1v) is 13.9. The Morgan fingerprint density at radius 1 is 0.784 bits per heavy atom. The molecule has 0 atom stereocenters. The number of phenolic OH excluding ortho intramolecular Hbond substituents is 2. The fraction of sp³-hybridized carbons (Fsp3) is 0.154. The minimum absolute atomic E-state index is 0.0754. The maximum Gasteiger partial charge on any atom is 0.337 e. The summed E-state index contributed by atoms with van der Waals surface area (Å²) in [5, 5.41) is 30.0. The van der Waals surface area contributed by atoms with Gasteiger partial charge in [-0.05, 0) is 107 Å². The second kappa shape index (κ2) is 13.6. The molecule has 37 heavy (non-hydrogen) atoms. The van der Waals surface area contributed by atoms with Crippen LogP contribution in [0.15, 0.2) is 56.1 Å². The summed E-state index contributed by atoms with van der Waals surface area (Å²) < 4.78 is 1.49. The highest BCUT2D eigenvalue weighted by molar-refractivity contribution is 9.11. The molecular weight excluding hydrogens is 644 g/mol. The second-order valence-electron chi connectivity index (χ2n) is 7.93. The van der Waals surface area contributed by atoms with Crippen molar-refractivity contribution in [1.29, 1.82) is 0 Å². The van der Waals surface area contributed by atoms with E-state index in [1.807, 2.05) is 45.9 Å². The van der Waals surface area contributed by atoms with Crippen molar-refractivity contribution in [1.82, 2.24) is 0 Å². The molecule has 0 radical (unpaired) electrons. The van der Waals surface area contributed by atoms with Gasteiger partial charge in [-0.15, -0.1) is 22.7 Å². The zero-order chi connectivity index (χ0) is 27.9. The number of amides is 1. The van der Waals surface area contributed by atoms with E-state index in [1.54, 1.807) is 30.3 Å². The highest BCUT2D eigenvalue weighted by Gasteiger charge is 2.14. The minimum Gasteiger partial charge on any atom is -0.506 e. The zero-order valence-electron chi connectivity index (χ0n) is 20.4. The first-order chi connectivity index (χ1) is 17.3. The van der Waals surface area contributed by atoms with Gasteiger partial charge in [-0.25, -0.2) is 4.79 Å². The molecule has 0 unspecified atom stereocenters. The van der Waals surface area contributed by atoms with E-state index in [0.717, 1.165) is 24.7 Å². The van der Waals surface area contributed by atoms with Gasteiger partial charge >= 0.3 is 5.97 Å². The first-order valence-electron chi connectivity index (χ1n) is 10.7. The Kier molecular flexibility index (Phi) is 11.2. The summed E-state index contributed by atoms with van der Waals surface area (Å²) >= 11 is 9.45. The van der Waals surface area contributed by atoms with E-state index in [4.69, 9.17) is 15.9 Å². The Bertz CT molecular complexity index is 1420. The predicted octanol–water partition coefficient (Wildman–Crippen LogP) is 7.89. The number of hydrogen-bond donors (Lipinski definition) is 5. The summed E-state index contributed by atoms with van der Waals surface area (Å²) in [6.07, 6.45) is 0. The van der Waals surface area contributed by atoms with Crippen molar-refractivity contribution >= 4 is 77.8 Å². The molecule has 6 N–H and O–H groups in total. The Morgan fingerprint density at radius 3 is 1.65 bits per heavy atom. The molecular formula is C26H26Br2N2O5S2. The third kappa shape index (κ3) is 9.19. The molecule has 0 saturated carbocycles. The number of nitrogen functional groups attached to an aromatic ring is 1. The van der Waals surface area contributed by atoms with Crippen molar-refractivity contribution in [3.8, 4) is 11.5 Å². The lowest BCUT2D eigenvalue weighted by Crippen LogP contribution is -2.11. The van der Waals surface area contributed by atoms with Crippen molar-refractivity contribution in [3.05, 3.63) is 88.1 Å². The molecule has 0 saturated heterocycles. The third-order valence-corrected chi connectivity index (χ3v) is 8.19. The van der Waals surface area contributed by atoms with Crippen LogP contribution in [0, 0.1) is 27.7 Å². The van der Waals surface area contributed by atoms with Crippen molar-refractivity contribution in [2.45, 2.75) is 27.7 Å². The molecule has 2 aromatic heterocycles. The number of rotatable bonds is 3. The Hall–Kier alpha value is -2.86. The lowest BCUT2D eigenvalue weighted by Gasteiger charge is -2.07. The summed E-state index contributed by atoms with van der Waals surface area (Å²) in [4.78, 5) is 24.5. The minimum atomic E-state index is -0.878. The molecule has 2 aromatic carbocycles. The van der Waals surface area contributed by atoms with Gasteiger partial charge in [0.2, 0.25) is 0 Å². The first kappa shape index (κ1) is 30.4. The number of benzene rings is 2. The van der Waals surface area contributed by atoms with Gasteiger partial charge in [0.15, 0.2) is 0 Å². The number of hydrogen-bond acceptors (Lipinski definition) is 7. The van der Waals surface area contributed by atoms with Gasteiger partial charge in [-0.2, -0.15) is 0 Å². The maximum absolute atomic E-state index is 12.0. The number of carbonyl (C=O) groups excluding carboxylic acids is 1. The lowest BCUT2D eigenvalue weighted by molar-refractivity contribution is 0.0696. The third-order valence-electron chi connectivity index (χ3n) is 4.68.